The molecule has 0 amide bonds. The predicted octanol–water partition coefficient (Wildman–Crippen LogP) is 4.35. The van der Waals surface area contributed by atoms with E-state index in [1.807, 2.05) is 54.6 Å². The Bertz CT molecular complexity index is 764. The lowest BCUT2D eigenvalue weighted by Gasteiger charge is -2.24. The zero-order valence-corrected chi connectivity index (χ0v) is 14.6. The minimum absolute atomic E-state index is 0.298. The maximum absolute atomic E-state index is 12.6. The van der Waals surface area contributed by atoms with E-state index in [0.717, 1.165) is 32.9 Å². The molecule has 1 aliphatic rings. The molecule has 0 radical (unpaired) electrons. The molecule has 0 bridgehead atoms. The van der Waals surface area contributed by atoms with Gasteiger partial charge in [0.2, 0.25) is 6.04 Å². The third-order valence-electron chi connectivity index (χ3n) is 4.45. The van der Waals surface area contributed by atoms with Gasteiger partial charge in [-0.15, -0.1) is 0 Å². The standard InChI is InChI=1S/C19H20N2O3S/c22-20(17-11-5-6-12-18(17)21(23)24)14-15-8-4-7-13-19(15)25-16-9-2-1-3-10-16/h1-4,7-10,13-14,17-18H,5-6,11-12H2. The first kappa shape index (κ1) is 17.5. The van der Waals surface area contributed by atoms with E-state index in [1.54, 1.807) is 11.8 Å². The van der Waals surface area contributed by atoms with E-state index in [1.165, 1.54) is 6.21 Å². The molecule has 0 heterocycles. The van der Waals surface area contributed by atoms with Crippen LogP contribution in [0.1, 0.15) is 31.2 Å². The summed E-state index contributed by atoms with van der Waals surface area (Å²) in [6.45, 7) is 0. The molecule has 2 unspecified atom stereocenters. The normalized spacial score (nSPS) is 21.0. The van der Waals surface area contributed by atoms with Crippen LogP contribution < -0.4 is 0 Å². The van der Waals surface area contributed by atoms with E-state index in [4.69, 9.17) is 0 Å². The Morgan fingerprint density at radius 2 is 1.56 bits per heavy atom. The highest BCUT2D eigenvalue weighted by Gasteiger charge is 2.40. The van der Waals surface area contributed by atoms with E-state index in [-0.39, 0.29) is 4.92 Å². The third kappa shape index (κ3) is 4.39. The zero-order chi connectivity index (χ0) is 17.6. The average molecular weight is 356 g/mol. The highest BCUT2D eigenvalue weighted by Crippen LogP contribution is 2.30. The fraction of sp³-hybridized carbons (Fsp3) is 0.316. The molecule has 6 heteroatoms. The summed E-state index contributed by atoms with van der Waals surface area (Å²) in [6, 6.07) is 16.2. The number of rotatable bonds is 5. The number of nitro groups is 1. The summed E-state index contributed by atoms with van der Waals surface area (Å²) in [5, 5.41) is 23.9. The molecule has 2 aromatic rings. The van der Waals surface area contributed by atoms with Crippen LogP contribution in [0.5, 0.6) is 0 Å². The van der Waals surface area contributed by atoms with Crippen molar-refractivity contribution in [3.8, 4) is 0 Å². The van der Waals surface area contributed by atoms with Gasteiger partial charge in [0.15, 0.2) is 6.21 Å². The van der Waals surface area contributed by atoms with Gasteiger partial charge in [0.05, 0.1) is 5.56 Å². The maximum atomic E-state index is 12.6. The molecule has 25 heavy (non-hydrogen) atoms. The second kappa shape index (κ2) is 8.16. The Balaban J connectivity index is 1.86. The summed E-state index contributed by atoms with van der Waals surface area (Å²) in [4.78, 5) is 13.0. The Kier molecular flexibility index (Phi) is 5.71. The summed E-state index contributed by atoms with van der Waals surface area (Å²) in [6.07, 6.45) is 4.24. The first-order chi connectivity index (χ1) is 12.1. The van der Waals surface area contributed by atoms with Gasteiger partial charge >= 0.3 is 0 Å². The van der Waals surface area contributed by atoms with E-state index in [9.17, 15) is 15.3 Å². The molecule has 0 aromatic heterocycles. The quantitative estimate of drug-likeness (QED) is 0.262. The van der Waals surface area contributed by atoms with Crippen molar-refractivity contribution in [2.24, 2.45) is 0 Å². The molecule has 5 nitrogen and oxygen atoms in total. The number of benzene rings is 2. The molecule has 0 saturated heterocycles. The topological polar surface area (TPSA) is 69.2 Å². The van der Waals surface area contributed by atoms with Gasteiger partial charge in [-0.2, -0.15) is 0 Å². The van der Waals surface area contributed by atoms with Crippen molar-refractivity contribution in [1.82, 2.24) is 0 Å². The summed E-state index contributed by atoms with van der Waals surface area (Å²) in [5.41, 5.74) is 0.791. The molecule has 2 atom stereocenters. The second-order valence-electron chi connectivity index (χ2n) is 6.15. The second-order valence-corrected chi connectivity index (χ2v) is 7.26. The number of hydroxylamine groups is 1. The Morgan fingerprint density at radius 3 is 2.28 bits per heavy atom. The molecule has 1 aliphatic carbocycles. The SMILES string of the molecule is O=[N+]([O-])C1CCCCC1[N+]([O-])=Cc1ccccc1Sc1ccccc1. The van der Waals surface area contributed by atoms with Gasteiger partial charge in [0, 0.05) is 27.6 Å². The molecule has 130 valence electrons. The summed E-state index contributed by atoms with van der Waals surface area (Å²) in [7, 11) is 0. The van der Waals surface area contributed by atoms with Crippen molar-refractivity contribution < 1.29 is 9.66 Å². The molecular weight excluding hydrogens is 336 g/mol. The van der Waals surface area contributed by atoms with Crippen molar-refractivity contribution in [2.75, 3.05) is 0 Å². The maximum Gasteiger partial charge on any atom is 0.274 e. The monoisotopic (exact) mass is 356 g/mol. The number of hydrogen-bond donors (Lipinski definition) is 0. The smallest absolute Gasteiger partial charge is 0.274 e. The highest BCUT2D eigenvalue weighted by atomic mass is 32.2. The van der Waals surface area contributed by atoms with E-state index in [2.05, 4.69) is 0 Å². The molecule has 2 aromatic carbocycles. The van der Waals surface area contributed by atoms with Crippen LogP contribution in [0.25, 0.3) is 0 Å². The van der Waals surface area contributed by atoms with Crippen molar-refractivity contribution in [3.63, 3.8) is 0 Å². The Morgan fingerprint density at radius 1 is 0.920 bits per heavy atom. The third-order valence-corrected chi connectivity index (χ3v) is 5.55. The van der Waals surface area contributed by atoms with Crippen LogP contribution >= 0.6 is 11.8 Å². The fourth-order valence-electron chi connectivity index (χ4n) is 3.16. The van der Waals surface area contributed by atoms with Crippen molar-refractivity contribution in [2.45, 2.75) is 47.6 Å². The predicted molar refractivity (Wildman–Crippen MR) is 98.8 cm³/mol. The number of hydrogen-bond acceptors (Lipinski definition) is 4. The van der Waals surface area contributed by atoms with Crippen LogP contribution in [0.4, 0.5) is 0 Å². The fourth-order valence-corrected chi connectivity index (χ4v) is 4.10. The van der Waals surface area contributed by atoms with E-state index >= 15 is 0 Å². The lowest BCUT2D eigenvalue weighted by atomic mass is 9.91. The first-order valence-electron chi connectivity index (χ1n) is 8.41. The van der Waals surface area contributed by atoms with Crippen LogP contribution in [-0.4, -0.2) is 28.0 Å². The summed E-state index contributed by atoms with van der Waals surface area (Å²) >= 11 is 1.58. The molecule has 1 fully saturated rings. The lowest BCUT2D eigenvalue weighted by Crippen LogP contribution is -2.42. The van der Waals surface area contributed by atoms with Crippen LogP contribution in [0.15, 0.2) is 64.4 Å². The Hall–Kier alpha value is -2.34. The largest absolute Gasteiger partial charge is 0.623 e. The van der Waals surface area contributed by atoms with Gasteiger partial charge in [0.25, 0.3) is 6.04 Å². The van der Waals surface area contributed by atoms with Gasteiger partial charge in [0.1, 0.15) is 0 Å². The minimum Gasteiger partial charge on any atom is -0.623 e. The Labute approximate surface area is 151 Å². The van der Waals surface area contributed by atoms with Crippen molar-refractivity contribution >= 4 is 18.0 Å². The summed E-state index contributed by atoms with van der Waals surface area (Å²) < 4.78 is 0.803. The van der Waals surface area contributed by atoms with E-state index < -0.39 is 12.1 Å². The molecule has 0 aliphatic heterocycles. The van der Waals surface area contributed by atoms with Crippen LogP contribution in [0, 0.1) is 15.3 Å². The van der Waals surface area contributed by atoms with E-state index in [0.29, 0.717) is 12.8 Å². The van der Waals surface area contributed by atoms with Gasteiger partial charge in [-0.1, -0.05) is 42.1 Å². The summed E-state index contributed by atoms with van der Waals surface area (Å²) in [5.74, 6) is 0. The lowest BCUT2D eigenvalue weighted by molar-refractivity contribution is -0.610. The average Bonchev–Trinajstić information content (AvgIpc) is 2.64. The molecule has 0 spiro atoms. The van der Waals surface area contributed by atoms with Crippen LogP contribution in [0.2, 0.25) is 0 Å². The van der Waals surface area contributed by atoms with Crippen LogP contribution in [0.3, 0.4) is 0 Å². The van der Waals surface area contributed by atoms with Crippen molar-refractivity contribution in [1.29, 1.82) is 0 Å². The zero-order valence-electron chi connectivity index (χ0n) is 13.8. The van der Waals surface area contributed by atoms with Crippen LogP contribution in [-0.2, 0) is 0 Å². The highest BCUT2D eigenvalue weighted by molar-refractivity contribution is 7.99. The van der Waals surface area contributed by atoms with Gasteiger partial charge in [-0.3, -0.25) is 10.1 Å². The first-order valence-corrected chi connectivity index (χ1v) is 9.22. The molecular formula is C19H20N2O3S. The molecule has 1 saturated carbocycles. The molecule has 0 N–H and O–H groups in total. The molecule has 3 rings (SSSR count). The van der Waals surface area contributed by atoms with Gasteiger partial charge < -0.3 is 5.21 Å². The van der Waals surface area contributed by atoms with Crippen molar-refractivity contribution in [3.05, 3.63) is 75.5 Å². The minimum atomic E-state index is -0.781. The van der Waals surface area contributed by atoms with Gasteiger partial charge in [-0.25, -0.2) is 4.74 Å². The van der Waals surface area contributed by atoms with Gasteiger partial charge in [-0.05, 0) is 37.1 Å². The number of nitrogens with zero attached hydrogens (tertiary/aromatic N) is 2.